The Bertz CT molecular complexity index is 393. The van der Waals surface area contributed by atoms with E-state index in [1.165, 1.54) is 0 Å². The van der Waals surface area contributed by atoms with Gasteiger partial charge in [0.05, 0.1) is 10.7 Å². The minimum absolute atomic E-state index is 0.0159. The fourth-order valence-electron chi connectivity index (χ4n) is 1.44. The highest BCUT2D eigenvalue weighted by atomic mass is 35.5. The Morgan fingerprint density at radius 2 is 2.24 bits per heavy atom. The second-order valence-electron chi connectivity index (χ2n) is 4.41. The van der Waals surface area contributed by atoms with Gasteiger partial charge in [-0.05, 0) is 43.5 Å². The molecule has 0 aromatic heterocycles. The van der Waals surface area contributed by atoms with Crippen LogP contribution in [0.15, 0.2) is 18.2 Å². The summed E-state index contributed by atoms with van der Waals surface area (Å²) < 4.78 is 0. The molecule has 0 aliphatic heterocycles. The van der Waals surface area contributed by atoms with Crippen molar-refractivity contribution < 1.29 is 4.79 Å². The number of hydrogen-bond acceptors (Lipinski definition) is 2. The molecule has 1 unspecified atom stereocenters. The molecular weight excluding hydrogens is 236 g/mol. The summed E-state index contributed by atoms with van der Waals surface area (Å²) in [4.78, 5) is 11.7. The van der Waals surface area contributed by atoms with Crippen LogP contribution in [0.1, 0.15) is 25.3 Å². The molecule has 1 aromatic carbocycles. The van der Waals surface area contributed by atoms with E-state index in [9.17, 15) is 4.79 Å². The lowest BCUT2D eigenvalue weighted by atomic mass is 10.1. The summed E-state index contributed by atoms with van der Waals surface area (Å²) in [5.74, 6) is 0.353. The first kappa shape index (κ1) is 14.0. The van der Waals surface area contributed by atoms with Crippen LogP contribution in [0.4, 0.5) is 5.69 Å². The Kier molecular flexibility index (Phi) is 5.45. The van der Waals surface area contributed by atoms with E-state index in [2.05, 4.69) is 5.32 Å². The molecule has 1 amide bonds. The van der Waals surface area contributed by atoms with Crippen LogP contribution in [0.3, 0.4) is 0 Å². The van der Waals surface area contributed by atoms with E-state index in [1.807, 2.05) is 26.0 Å². The van der Waals surface area contributed by atoms with Crippen LogP contribution in [0, 0.1) is 12.8 Å². The predicted molar refractivity (Wildman–Crippen MR) is 72.3 cm³/mol. The largest absolute Gasteiger partial charge is 0.330 e. The monoisotopic (exact) mass is 254 g/mol. The third-order valence-electron chi connectivity index (χ3n) is 2.66. The Balaban J connectivity index is 2.53. The number of hydrogen-bond donors (Lipinski definition) is 2. The Labute approximate surface area is 107 Å². The summed E-state index contributed by atoms with van der Waals surface area (Å²) in [5, 5.41) is 3.38. The second-order valence-corrected chi connectivity index (χ2v) is 4.82. The van der Waals surface area contributed by atoms with Gasteiger partial charge in [0.2, 0.25) is 5.91 Å². The van der Waals surface area contributed by atoms with Crippen LogP contribution >= 0.6 is 11.6 Å². The van der Waals surface area contributed by atoms with Gasteiger partial charge in [0.1, 0.15) is 0 Å². The van der Waals surface area contributed by atoms with Crippen LogP contribution < -0.4 is 11.1 Å². The topological polar surface area (TPSA) is 55.1 Å². The highest BCUT2D eigenvalue weighted by Gasteiger charge is 2.08. The predicted octanol–water partition coefficient (Wildman–Crippen LogP) is 2.96. The van der Waals surface area contributed by atoms with E-state index in [1.54, 1.807) is 6.07 Å². The molecule has 0 heterocycles. The molecule has 0 saturated carbocycles. The first-order valence-corrected chi connectivity index (χ1v) is 6.16. The Morgan fingerprint density at radius 3 is 2.88 bits per heavy atom. The van der Waals surface area contributed by atoms with Crippen molar-refractivity contribution in [3.05, 3.63) is 28.8 Å². The number of rotatable bonds is 5. The number of carbonyl (C=O) groups excluding carboxylic acids is 1. The van der Waals surface area contributed by atoms with Crippen molar-refractivity contribution >= 4 is 23.2 Å². The highest BCUT2D eigenvalue weighted by Crippen LogP contribution is 2.23. The van der Waals surface area contributed by atoms with Gasteiger partial charge in [0.25, 0.3) is 0 Å². The average molecular weight is 255 g/mol. The van der Waals surface area contributed by atoms with Gasteiger partial charge in [-0.2, -0.15) is 0 Å². The van der Waals surface area contributed by atoms with Gasteiger partial charge in [-0.3, -0.25) is 4.79 Å². The molecule has 0 aliphatic rings. The van der Waals surface area contributed by atoms with Crippen molar-refractivity contribution in [1.82, 2.24) is 0 Å². The first-order chi connectivity index (χ1) is 8.02. The van der Waals surface area contributed by atoms with Crippen molar-refractivity contribution in [2.45, 2.75) is 26.7 Å². The quantitative estimate of drug-likeness (QED) is 0.849. The van der Waals surface area contributed by atoms with E-state index < -0.39 is 0 Å². The summed E-state index contributed by atoms with van der Waals surface area (Å²) in [6.45, 7) is 4.61. The fourth-order valence-corrected chi connectivity index (χ4v) is 1.61. The van der Waals surface area contributed by atoms with Crippen LogP contribution in [0.2, 0.25) is 5.02 Å². The summed E-state index contributed by atoms with van der Waals surface area (Å²) in [6.07, 6.45) is 1.27. The smallest absolute Gasteiger partial charge is 0.224 e. The molecule has 4 heteroatoms. The molecule has 0 spiro atoms. The molecule has 1 aromatic rings. The third kappa shape index (κ3) is 4.75. The van der Waals surface area contributed by atoms with E-state index >= 15 is 0 Å². The number of carbonyl (C=O) groups is 1. The molecule has 17 heavy (non-hydrogen) atoms. The standard InChI is InChI=1S/C13H19ClN2O/c1-9-3-5-11(14)12(7-9)16-13(17)6-4-10(2)8-15/h3,5,7,10H,4,6,8,15H2,1-2H3,(H,16,17). The normalized spacial score (nSPS) is 12.2. The van der Waals surface area contributed by atoms with Gasteiger partial charge in [0.15, 0.2) is 0 Å². The first-order valence-electron chi connectivity index (χ1n) is 5.79. The van der Waals surface area contributed by atoms with E-state index in [0.717, 1.165) is 12.0 Å². The van der Waals surface area contributed by atoms with E-state index in [-0.39, 0.29) is 5.91 Å². The van der Waals surface area contributed by atoms with Gasteiger partial charge in [0, 0.05) is 6.42 Å². The molecule has 0 bridgehead atoms. The lowest BCUT2D eigenvalue weighted by Crippen LogP contribution is -2.16. The van der Waals surface area contributed by atoms with Gasteiger partial charge >= 0.3 is 0 Å². The molecule has 0 fully saturated rings. The molecule has 1 rings (SSSR count). The van der Waals surface area contributed by atoms with Crippen molar-refractivity contribution in [2.24, 2.45) is 11.7 Å². The molecule has 3 N–H and O–H groups in total. The molecule has 0 radical (unpaired) electrons. The maximum Gasteiger partial charge on any atom is 0.224 e. The van der Waals surface area contributed by atoms with Crippen LogP contribution in [-0.4, -0.2) is 12.5 Å². The SMILES string of the molecule is Cc1ccc(Cl)c(NC(=O)CCC(C)CN)c1. The van der Waals surface area contributed by atoms with E-state index in [4.69, 9.17) is 17.3 Å². The van der Waals surface area contributed by atoms with Gasteiger partial charge in [-0.1, -0.05) is 24.6 Å². The molecule has 0 saturated heterocycles. The zero-order valence-corrected chi connectivity index (χ0v) is 11.1. The number of amides is 1. The molecular formula is C13H19ClN2O. The van der Waals surface area contributed by atoms with Crippen LogP contribution in [-0.2, 0) is 4.79 Å². The summed E-state index contributed by atoms with van der Waals surface area (Å²) in [7, 11) is 0. The van der Waals surface area contributed by atoms with Gasteiger partial charge in [-0.15, -0.1) is 0 Å². The molecule has 0 aliphatic carbocycles. The van der Waals surface area contributed by atoms with Crippen molar-refractivity contribution in [2.75, 3.05) is 11.9 Å². The number of nitrogens with two attached hydrogens (primary N) is 1. The number of nitrogens with one attached hydrogen (secondary N) is 1. The average Bonchev–Trinajstić information content (AvgIpc) is 2.30. The van der Waals surface area contributed by atoms with Gasteiger partial charge in [-0.25, -0.2) is 0 Å². The lowest BCUT2D eigenvalue weighted by molar-refractivity contribution is -0.116. The van der Waals surface area contributed by atoms with E-state index in [0.29, 0.717) is 29.6 Å². The number of benzene rings is 1. The molecule has 3 nitrogen and oxygen atoms in total. The van der Waals surface area contributed by atoms with Crippen molar-refractivity contribution in [1.29, 1.82) is 0 Å². The molecule has 1 atom stereocenters. The minimum atomic E-state index is -0.0159. The minimum Gasteiger partial charge on any atom is -0.330 e. The zero-order valence-electron chi connectivity index (χ0n) is 10.3. The van der Waals surface area contributed by atoms with Crippen molar-refractivity contribution in [3.63, 3.8) is 0 Å². The number of anilines is 1. The highest BCUT2D eigenvalue weighted by molar-refractivity contribution is 6.33. The number of halogens is 1. The second kappa shape index (κ2) is 6.62. The maximum absolute atomic E-state index is 11.7. The van der Waals surface area contributed by atoms with Crippen molar-refractivity contribution in [3.8, 4) is 0 Å². The maximum atomic E-state index is 11.7. The number of aryl methyl sites for hydroxylation is 1. The fraction of sp³-hybridized carbons (Fsp3) is 0.462. The zero-order chi connectivity index (χ0) is 12.8. The summed E-state index contributed by atoms with van der Waals surface area (Å²) in [6, 6.07) is 5.57. The Morgan fingerprint density at radius 1 is 1.53 bits per heavy atom. The summed E-state index contributed by atoms with van der Waals surface area (Å²) in [5.41, 5.74) is 7.25. The Hall–Kier alpha value is -1.06. The van der Waals surface area contributed by atoms with Crippen LogP contribution in [0.5, 0.6) is 0 Å². The van der Waals surface area contributed by atoms with Crippen LogP contribution in [0.25, 0.3) is 0 Å². The summed E-state index contributed by atoms with van der Waals surface area (Å²) >= 11 is 6.00. The molecule has 94 valence electrons. The lowest BCUT2D eigenvalue weighted by Gasteiger charge is -2.10. The third-order valence-corrected chi connectivity index (χ3v) is 2.99. The van der Waals surface area contributed by atoms with Gasteiger partial charge < -0.3 is 11.1 Å².